The summed E-state index contributed by atoms with van der Waals surface area (Å²) in [6.45, 7) is 6.03. The molecule has 2 N–H and O–H groups in total. The second kappa shape index (κ2) is 7.37. The van der Waals surface area contributed by atoms with Gasteiger partial charge in [-0.25, -0.2) is 0 Å². The molecule has 5 rings (SSSR count). The van der Waals surface area contributed by atoms with Gasteiger partial charge in [0, 0.05) is 62.0 Å². The van der Waals surface area contributed by atoms with E-state index in [4.69, 9.17) is 0 Å². The molecule has 0 radical (unpaired) electrons. The highest BCUT2D eigenvalue weighted by atomic mass is 32.2. The van der Waals surface area contributed by atoms with E-state index in [9.17, 15) is 4.79 Å². The Hall–Kier alpha value is -1.70. The van der Waals surface area contributed by atoms with Gasteiger partial charge in [0.1, 0.15) is 5.82 Å². The molecule has 3 fully saturated rings. The van der Waals surface area contributed by atoms with Gasteiger partial charge in [-0.1, -0.05) is 18.2 Å². The molecule has 1 amide bonds. The molecule has 3 aliphatic rings. The number of fused-ring (bicyclic) bond motifs is 1. The van der Waals surface area contributed by atoms with Gasteiger partial charge >= 0.3 is 0 Å². The summed E-state index contributed by atoms with van der Waals surface area (Å²) < 4.78 is 0. The number of carbonyl (C=O) groups is 1. The van der Waals surface area contributed by atoms with Crippen molar-refractivity contribution in [3.8, 4) is 0 Å². The van der Waals surface area contributed by atoms with Gasteiger partial charge in [-0.3, -0.25) is 9.69 Å². The number of benzene rings is 1. The zero-order chi connectivity index (χ0) is 18.2. The van der Waals surface area contributed by atoms with E-state index in [1.807, 2.05) is 16.7 Å². The van der Waals surface area contributed by atoms with Crippen molar-refractivity contribution in [1.29, 1.82) is 0 Å². The minimum atomic E-state index is 0.0143. The van der Waals surface area contributed by atoms with E-state index in [2.05, 4.69) is 50.4 Å². The highest BCUT2D eigenvalue weighted by Gasteiger charge is 2.36. The SMILES string of the molecule is O=C([C@@H]1C[C@H](N2CCN(c3cc4ccccc4[nH]3)CC2)CN1)N1CCSC1. The van der Waals surface area contributed by atoms with E-state index in [1.54, 1.807) is 0 Å². The van der Waals surface area contributed by atoms with Crippen LogP contribution in [0.1, 0.15) is 6.42 Å². The highest BCUT2D eigenvalue weighted by Crippen LogP contribution is 2.25. The molecule has 3 saturated heterocycles. The van der Waals surface area contributed by atoms with Crippen LogP contribution in [0.5, 0.6) is 0 Å². The summed E-state index contributed by atoms with van der Waals surface area (Å²) in [5.41, 5.74) is 1.20. The number of thioether (sulfide) groups is 1. The van der Waals surface area contributed by atoms with E-state index >= 15 is 0 Å². The molecule has 0 unspecified atom stereocenters. The maximum atomic E-state index is 12.6. The van der Waals surface area contributed by atoms with Gasteiger partial charge in [-0.05, 0) is 18.6 Å². The lowest BCUT2D eigenvalue weighted by Crippen LogP contribution is -2.51. The topological polar surface area (TPSA) is 54.6 Å². The van der Waals surface area contributed by atoms with Crippen LogP contribution in [-0.4, -0.2) is 83.7 Å². The summed E-state index contributed by atoms with van der Waals surface area (Å²) in [5, 5.41) is 4.75. The largest absolute Gasteiger partial charge is 0.356 e. The van der Waals surface area contributed by atoms with Gasteiger partial charge in [0.2, 0.25) is 5.91 Å². The summed E-state index contributed by atoms with van der Waals surface area (Å²) in [6.07, 6.45) is 0.951. The second-order valence-corrected chi connectivity index (χ2v) is 8.83. The van der Waals surface area contributed by atoms with Crippen molar-refractivity contribution >= 4 is 34.4 Å². The third kappa shape index (κ3) is 3.44. The minimum Gasteiger partial charge on any atom is -0.356 e. The van der Waals surface area contributed by atoms with Crippen molar-refractivity contribution in [2.45, 2.75) is 18.5 Å². The zero-order valence-electron chi connectivity index (χ0n) is 15.6. The number of carbonyl (C=O) groups excluding carboxylic acids is 1. The Morgan fingerprint density at radius 2 is 1.96 bits per heavy atom. The number of nitrogens with zero attached hydrogens (tertiary/aromatic N) is 3. The van der Waals surface area contributed by atoms with Gasteiger partial charge in [0.05, 0.1) is 11.9 Å². The monoisotopic (exact) mass is 385 g/mol. The number of hydrogen-bond donors (Lipinski definition) is 2. The Labute approximate surface area is 164 Å². The fourth-order valence-electron chi connectivity index (χ4n) is 4.55. The molecular weight excluding hydrogens is 358 g/mol. The molecule has 0 spiro atoms. The van der Waals surface area contributed by atoms with Crippen LogP contribution < -0.4 is 10.2 Å². The van der Waals surface area contributed by atoms with E-state index in [-0.39, 0.29) is 6.04 Å². The van der Waals surface area contributed by atoms with Crippen molar-refractivity contribution < 1.29 is 4.79 Å². The van der Waals surface area contributed by atoms with Crippen molar-refractivity contribution in [3.05, 3.63) is 30.3 Å². The first kappa shape index (κ1) is 17.4. The Bertz CT molecular complexity index is 777. The summed E-state index contributed by atoms with van der Waals surface area (Å²) >= 11 is 1.86. The predicted molar refractivity (Wildman–Crippen MR) is 111 cm³/mol. The number of hydrogen-bond acceptors (Lipinski definition) is 5. The van der Waals surface area contributed by atoms with Gasteiger partial charge < -0.3 is 20.1 Å². The molecule has 7 heteroatoms. The molecule has 2 aromatic rings. The number of nitrogens with one attached hydrogen (secondary N) is 2. The molecule has 6 nitrogen and oxygen atoms in total. The van der Waals surface area contributed by atoms with Crippen LogP contribution in [0, 0.1) is 0 Å². The fourth-order valence-corrected chi connectivity index (χ4v) is 5.50. The summed E-state index contributed by atoms with van der Waals surface area (Å²) in [4.78, 5) is 23.2. The molecule has 3 aliphatic heterocycles. The first-order chi connectivity index (χ1) is 13.3. The number of H-pyrrole nitrogens is 1. The Balaban J connectivity index is 1.17. The van der Waals surface area contributed by atoms with Crippen LogP contribution in [-0.2, 0) is 4.79 Å². The van der Waals surface area contributed by atoms with E-state index < -0.39 is 0 Å². The molecule has 0 bridgehead atoms. The predicted octanol–water partition coefficient (Wildman–Crippen LogP) is 1.55. The molecular formula is C20H27N5OS. The highest BCUT2D eigenvalue weighted by molar-refractivity contribution is 7.99. The van der Waals surface area contributed by atoms with Gasteiger partial charge in [-0.15, -0.1) is 11.8 Å². The quantitative estimate of drug-likeness (QED) is 0.840. The smallest absolute Gasteiger partial charge is 0.240 e. The lowest BCUT2D eigenvalue weighted by atomic mass is 10.1. The second-order valence-electron chi connectivity index (χ2n) is 7.75. The third-order valence-electron chi connectivity index (χ3n) is 6.16. The normalized spacial score (nSPS) is 27.0. The lowest BCUT2D eigenvalue weighted by molar-refractivity contribution is -0.131. The van der Waals surface area contributed by atoms with Crippen LogP contribution in [0.15, 0.2) is 30.3 Å². The van der Waals surface area contributed by atoms with Crippen LogP contribution in [0.3, 0.4) is 0 Å². The number of aromatic amines is 1. The zero-order valence-corrected chi connectivity index (χ0v) is 16.4. The van der Waals surface area contributed by atoms with Gasteiger partial charge in [-0.2, -0.15) is 0 Å². The number of rotatable bonds is 3. The summed E-state index contributed by atoms with van der Waals surface area (Å²) in [7, 11) is 0. The van der Waals surface area contributed by atoms with Gasteiger partial charge in [0.25, 0.3) is 0 Å². The Kier molecular flexibility index (Phi) is 4.75. The summed E-state index contributed by atoms with van der Waals surface area (Å²) in [6, 6.07) is 11.2. The van der Waals surface area contributed by atoms with Crippen LogP contribution in [0.4, 0.5) is 5.82 Å². The molecule has 0 aliphatic carbocycles. The maximum Gasteiger partial charge on any atom is 0.240 e. The molecule has 1 aromatic carbocycles. The minimum absolute atomic E-state index is 0.0143. The van der Waals surface area contributed by atoms with Crippen molar-refractivity contribution in [3.63, 3.8) is 0 Å². The van der Waals surface area contributed by atoms with Crippen LogP contribution in [0.2, 0.25) is 0 Å². The summed E-state index contributed by atoms with van der Waals surface area (Å²) in [5.74, 6) is 3.47. The Morgan fingerprint density at radius 3 is 2.74 bits per heavy atom. The number of anilines is 1. The van der Waals surface area contributed by atoms with E-state index in [0.29, 0.717) is 11.9 Å². The molecule has 144 valence electrons. The number of aromatic nitrogens is 1. The number of piperazine rings is 1. The molecule has 27 heavy (non-hydrogen) atoms. The average Bonchev–Trinajstić information content (AvgIpc) is 3.48. The lowest BCUT2D eigenvalue weighted by Gasteiger charge is -2.38. The maximum absolute atomic E-state index is 12.6. The fraction of sp³-hybridized carbons (Fsp3) is 0.550. The molecule has 4 heterocycles. The van der Waals surface area contributed by atoms with Crippen LogP contribution >= 0.6 is 11.8 Å². The first-order valence-electron chi connectivity index (χ1n) is 9.94. The van der Waals surface area contributed by atoms with Crippen molar-refractivity contribution in [2.24, 2.45) is 0 Å². The molecule has 1 aromatic heterocycles. The van der Waals surface area contributed by atoms with Crippen LogP contribution in [0.25, 0.3) is 10.9 Å². The van der Waals surface area contributed by atoms with Crippen molar-refractivity contribution in [2.75, 3.05) is 55.8 Å². The van der Waals surface area contributed by atoms with E-state index in [1.165, 1.54) is 16.7 Å². The number of amides is 1. The van der Waals surface area contributed by atoms with E-state index in [0.717, 1.165) is 57.3 Å². The standard InChI is InChI=1S/C20H27N5OS/c26-20(25-9-10-27-14-25)18-12-16(13-21-18)23-5-7-24(8-6-23)19-11-15-3-1-2-4-17(15)22-19/h1-4,11,16,18,21-22H,5-10,12-14H2/t16-,18-/m0/s1. The van der Waals surface area contributed by atoms with Crippen molar-refractivity contribution in [1.82, 2.24) is 20.1 Å². The third-order valence-corrected chi connectivity index (χ3v) is 7.12. The number of para-hydroxylation sites is 1. The first-order valence-corrected chi connectivity index (χ1v) is 11.1. The molecule has 0 saturated carbocycles. The Morgan fingerprint density at radius 1 is 1.11 bits per heavy atom. The molecule has 2 atom stereocenters. The van der Waals surface area contributed by atoms with Gasteiger partial charge in [0.15, 0.2) is 0 Å². The average molecular weight is 386 g/mol.